The Balaban J connectivity index is 1.73. The molecule has 0 saturated carbocycles. The Hall–Kier alpha value is -2.96. The van der Waals surface area contributed by atoms with Gasteiger partial charge in [0.2, 0.25) is 5.91 Å². The summed E-state index contributed by atoms with van der Waals surface area (Å²) < 4.78 is 5.55. The Labute approximate surface area is 126 Å². The van der Waals surface area contributed by atoms with Crippen molar-refractivity contribution in [3.05, 3.63) is 42.2 Å². The molecule has 0 spiro atoms. The summed E-state index contributed by atoms with van der Waals surface area (Å²) in [6, 6.07) is 7.27. The van der Waals surface area contributed by atoms with E-state index in [0.717, 1.165) is 5.56 Å². The van der Waals surface area contributed by atoms with Gasteiger partial charge in [-0.05, 0) is 24.6 Å². The molecule has 7 nitrogen and oxygen atoms in total. The maximum atomic E-state index is 11.7. The zero-order valence-electron chi connectivity index (χ0n) is 11.9. The number of urea groups is 1. The van der Waals surface area contributed by atoms with Crippen LogP contribution in [0.2, 0.25) is 0 Å². The Morgan fingerprint density at radius 1 is 1.23 bits per heavy atom. The second-order valence-corrected chi connectivity index (χ2v) is 4.90. The molecular formula is C15H14N4O3. The molecule has 3 rings (SSSR count). The van der Waals surface area contributed by atoms with Crippen molar-refractivity contribution in [3.63, 3.8) is 0 Å². The molecule has 1 aromatic carbocycles. The van der Waals surface area contributed by atoms with Crippen molar-refractivity contribution in [1.82, 2.24) is 15.3 Å². The molecule has 3 amide bonds. The molecule has 0 bridgehead atoms. The van der Waals surface area contributed by atoms with Crippen LogP contribution in [-0.4, -0.2) is 28.5 Å². The molecule has 1 aromatic heterocycles. The molecule has 112 valence electrons. The van der Waals surface area contributed by atoms with Crippen molar-refractivity contribution in [2.45, 2.75) is 13.3 Å². The summed E-state index contributed by atoms with van der Waals surface area (Å²) in [7, 11) is 0. The van der Waals surface area contributed by atoms with Gasteiger partial charge in [-0.2, -0.15) is 0 Å². The number of hydrogen-bond donors (Lipinski definition) is 1. The van der Waals surface area contributed by atoms with Gasteiger partial charge >= 0.3 is 12.0 Å². The Morgan fingerprint density at radius 3 is 2.68 bits per heavy atom. The molecule has 1 aliphatic rings. The number of amides is 3. The number of hydrogen-bond acceptors (Lipinski definition) is 5. The largest absolute Gasteiger partial charge is 0.424 e. The fraction of sp³-hybridized carbons (Fsp3) is 0.200. The molecule has 2 aromatic rings. The van der Waals surface area contributed by atoms with Gasteiger partial charge in [0.1, 0.15) is 5.75 Å². The van der Waals surface area contributed by atoms with Gasteiger partial charge in [0, 0.05) is 13.0 Å². The zero-order chi connectivity index (χ0) is 15.5. The van der Waals surface area contributed by atoms with E-state index in [2.05, 4.69) is 15.3 Å². The van der Waals surface area contributed by atoms with Crippen molar-refractivity contribution >= 4 is 17.6 Å². The number of nitrogens with one attached hydrogen (secondary N) is 1. The minimum absolute atomic E-state index is 0.197. The summed E-state index contributed by atoms with van der Waals surface area (Å²) in [4.78, 5) is 32.5. The number of carbonyl (C=O) groups is 2. The van der Waals surface area contributed by atoms with E-state index in [-0.39, 0.29) is 18.3 Å². The summed E-state index contributed by atoms with van der Waals surface area (Å²) in [6.45, 7) is 2.28. The van der Waals surface area contributed by atoms with Crippen molar-refractivity contribution in [1.29, 1.82) is 0 Å². The van der Waals surface area contributed by atoms with Crippen LogP contribution >= 0.6 is 0 Å². The summed E-state index contributed by atoms with van der Waals surface area (Å²) >= 11 is 0. The van der Waals surface area contributed by atoms with Crippen LogP contribution in [0.25, 0.3) is 0 Å². The van der Waals surface area contributed by atoms with Gasteiger partial charge in [-0.25, -0.2) is 14.8 Å². The highest BCUT2D eigenvalue weighted by Gasteiger charge is 2.24. The lowest BCUT2D eigenvalue weighted by molar-refractivity contribution is -0.120. The molecule has 0 unspecified atom stereocenters. The smallest absolute Gasteiger partial charge is 0.328 e. The van der Waals surface area contributed by atoms with Crippen molar-refractivity contribution in [2.75, 3.05) is 11.4 Å². The van der Waals surface area contributed by atoms with Crippen molar-refractivity contribution < 1.29 is 14.3 Å². The third kappa shape index (κ3) is 3.03. The van der Waals surface area contributed by atoms with Crippen LogP contribution in [0.5, 0.6) is 11.8 Å². The summed E-state index contributed by atoms with van der Waals surface area (Å²) in [6.07, 6.45) is 3.24. The molecule has 1 N–H and O–H groups in total. The number of ether oxygens (including phenoxy) is 1. The fourth-order valence-electron chi connectivity index (χ4n) is 2.10. The van der Waals surface area contributed by atoms with E-state index in [0.29, 0.717) is 18.0 Å². The minimum Gasteiger partial charge on any atom is -0.424 e. The molecule has 1 aliphatic heterocycles. The average Bonchev–Trinajstić information content (AvgIpc) is 2.48. The van der Waals surface area contributed by atoms with Crippen LogP contribution in [0.4, 0.5) is 10.5 Å². The Kier molecular flexibility index (Phi) is 3.69. The summed E-state index contributed by atoms with van der Waals surface area (Å²) in [5, 5.41) is 2.25. The van der Waals surface area contributed by atoms with Crippen molar-refractivity contribution in [2.24, 2.45) is 0 Å². The highest BCUT2D eigenvalue weighted by molar-refractivity contribution is 6.05. The predicted molar refractivity (Wildman–Crippen MR) is 78.8 cm³/mol. The molecule has 0 radical (unpaired) electrons. The highest BCUT2D eigenvalue weighted by Crippen LogP contribution is 2.21. The van der Waals surface area contributed by atoms with Gasteiger partial charge in [0.05, 0.1) is 18.1 Å². The van der Waals surface area contributed by atoms with Crippen LogP contribution in [0.3, 0.4) is 0 Å². The number of rotatable bonds is 3. The van der Waals surface area contributed by atoms with E-state index in [4.69, 9.17) is 4.74 Å². The number of nitrogens with zero attached hydrogens (tertiary/aromatic N) is 3. The number of aryl methyl sites for hydroxylation is 1. The Bertz CT molecular complexity index is 715. The van der Waals surface area contributed by atoms with E-state index in [1.807, 2.05) is 31.2 Å². The third-order valence-electron chi connectivity index (χ3n) is 3.18. The lowest BCUT2D eigenvalue weighted by atomic mass is 10.2. The molecule has 1 fully saturated rings. The van der Waals surface area contributed by atoms with Crippen LogP contribution in [0, 0.1) is 6.92 Å². The zero-order valence-corrected chi connectivity index (χ0v) is 11.9. The average molecular weight is 298 g/mol. The van der Waals surface area contributed by atoms with E-state index in [9.17, 15) is 9.59 Å². The lowest BCUT2D eigenvalue weighted by Crippen LogP contribution is -2.49. The lowest BCUT2D eigenvalue weighted by Gasteiger charge is -2.25. The normalized spacial score (nSPS) is 14.7. The standard InChI is InChI=1S/C15H14N4O3/c1-10-3-2-4-12(7-10)22-14-16-8-11(9-17-14)19-6-5-13(20)18-15(19)21/h2-4,7-9H,5-6H2,1H3,(H,18,20,21). The van der Waals surface area contributed by atoms with Gasteiger partial charge < -0.3 is 4.74 Å². The molecule has 0 aliphatic carbocycles. The van der Waals surface area contributed by atoms with Gasteiger partial charge in [-0.1, -0.05) is 12.1 Å². The number of carbonyl (C=O) groups excluding carboxylic acids is 2. The fourth-order valence-corrected chi connectivity index (χ4v) is 2.10. The Morgan fingerprint density at radius 2 is 2.00 bits per heavy atom. The second-order valence-electron chi connectivity index (χ2n) is 4.90. The molecule has 0 atom stereocenters. The predicted octanol–water partition coefficient (Wildman–Crippen LogP) is 2.02. The first-order chi connectivity index (χ1) is 10.6. The van der Waals surface area contributed by atoms with E-state index in [1.54, 1.807) is 0 Å². The number of benzene rings is 1. The van der Waals surface area contributed by atoms with E-state index < -0.39 is 6.03 Å². The quantitative estimate of drug-likeness (QED) is 0.937. The molecular weight excluding hydrogens is 284 g/mol. The topological polar surface area (TPSA) is 84.4 Å². The second kappa shape index (κ2) is 5.80. The van der Waals surface area contributed by atoms with Crippen LogP contribution in [-0.2, 0) is 4.79 Å². The first-order valence-electron chi connectivity index (χ1n) is 6.80. The highest BCUT2D eigenvalue weighted by atomic mass is 16.5. The van der Waals surface area contributed by atoms with Gasteiger partial charge in [0.15, 0.2) is 0 Å². The third-order valence-corrected chi connectivity index (χ3v) is 3.18. The maximum Gasteiger partial charge on any atom is 0.328 e. The van der Waals surface area contributed by atoms with E-state index in [1.165, 1.54) is 17.3 Å². The van der Waals surface area contributed by atoms with E-state index >= 15 is 0 Å². The molecule has 1 saturated heterocycles. The minimum atomic E-state index is -0.466. The first-order valence-corrected chi connectivity index (χ1v) is 6.80. The molecule has 2 heterocycles. The maximum absolute atomic E-state index is 11.7. The van der Waals surface area contributed by atoms with Gasteiger partial charge in [0.25, 0.3) is 0 Å². The number of aromatic nitrogens is 2. The number of anilines is 1. The summed E-state index contributed by atoms with van der Waals surface area (Å²) in [5.41, 5.74) is 1.59. The monoisotopic (exact) mass is 298 g/mol. The van der Waals surface area contributed by atoms with Crippen LogP contribution in [0.1, 0.15) is 12.0 Å². The number of imide groups is 1. The van der Waals surface area contributed by atoms with Crippen LogP contribution < -0.4 is 15.0 Å². The molecule has 7 heteroatoms. The SMILES string of the molecule is Cc1cccc(Oc2ncc(N3CCC(=O)NC3=O)cn2)c1. The summed E-state index contributed by atoms with van der Waals surface area (Å²) in [5.74, 6) is 0.371. The molecule has 22 heavy (non-hydrogen) atoms. The van der Waals surface area contributed by atoms with Crippen molar-refractivity contribution in [3.8, 4) is 11.8 Å². The van der Waals surface area contributed by atoms with Gasteiger partial charge in [-0.3, -0.25) is 15.0 Å². The van der Waals surface area contributed by atoms with Crippen LogP contribution in [0.15, 0.2) is 36.7 Å². The van der Waals surface area contributed by atoms with Gasteiger partial charge in [-0.15, -0.1) is 0 Å². The first kappa shape index (κ1) is 14.0.